The molecule has 2 aromatic carbocycles. The lowest BCUT2D eigenvalue weighted by molar-refractivity contribution is 0.0942. The van der Waals surface area contributed by atoms with Crippen LogP contribution >= 0.6 is 0 Å². The van der Waals surface area contributed by atoms with Crippen molar-refractivity contribution in [1.29, 1.82) is 0 Å². The summed E-state index contributed by atoms with van der Waals surface area (Å²) in [7, 11) is 0. The van der Waals surface area contributed by atoms with E-state index in [1.165, 1.54) is 24.3 Å². The van der Waals surface area contributed by atoms with Crippen LogP contribution in [0.5, 0.6) is 0 Å². The summed E-state index contributed by atoms with van der Waals surface area (Å²) in [6, 6.07) is 13.1. The third-order valence-corrected chi connectivity index (χ3v) is 2.83. The first-order valence-electron chi connectivity index (χ1n) is 6.14. The van der Waals surface area contributed by atoms with Gasteiger partial charge in [-0.2, -0.15) is 0 Å². The van der Waals surface area contributed by atoms with Crippen molar-refractivity contribution in [3.05, 3.63) is 77.6 Å². The molecule has 0 fully saturated rings. The summed E-state index contributed by atoms with van der Waals surface area (Å²) in [4.78, 5) is 11.8. The summed E-state index contributed by atoms with van der Waals surface area (Å²) in [5, 5.41) is 0. The van der Waals surface area contributed by atoms with Gasteiger partial charge < -0.3 is 0 Å². The third kappa shape index (κ3) is 3.45. The van der Waals surface area contributed by atoms with Gasteiger partial charge in [-0.3, -0.25) is 15.6 Å². The molecule has 0 atom stereocenters. The predicted molar refractivity (Wildman–Crippen MR) is 77.2 cm³/mol. The monoisotopic (exact) mass is 270 g/mol. The molecule has 4 heteroatoms. The Morgan fingerprint density at radius 2 is 1.50 bits per heavy atom. The van der Waals surface area contributed by atoms with Crippen LogP contribution in [0.3, 0.4) is 0 Å². The molecular weight excluding hydrogens is 255 g/mol. The van der Waals surface area contributed by atoms with Gasteiger partial charge in [0.2, 0.25) is 0 Å². The van der Waals surface area contributed by atoms with Gasteiger partial charge in [0.05, 0.1) is 5.70 Å². The van der Waals surface area contributed by atoms with Gasteiger partial charge in [0.15, 0.2) is 0 Å². The second kappa shape index (κ2) is 6.02. The maximum atomic E-state index is 12.8. The van der Waals surface area contributed by atoms with Gasteiger partial charge in [-0.15, -0.1) is 0 Å². The van der Waals surface area contributed by atoms with Crippen LogP contribution in [0.4, 0.5) is 4.39 Å². The summed E-state index contributed by atoms with van der Waals surface area (Å²) in [6.07, 6.45) is 0. The number of hydrazine groups is 1. The lowest BCUT2D eigenvalue weighted by atomic mass is 10.1. The van der Waals surface area contributed by atoms with Gasteiger partial charge >= 0.3 is 0 Å². The normalized spacial score (nSPS) is 9.90. The molecule has 0 aliphatic carbocycles. The molecule has 0 aliphatic heterocycles. The molecule has 102 valence electrons. The fraction of sp³-hybridized carbons (Fsp3) is 0.0625. The molecule has 0 unspecified atom stereocenters. The molecule has 3 nitrogen and oxygen atoms in total. The number of benzene rings is 2. The number of rotatable bonds is 4. The predicted octanol–water partition coefficient (Wildman–Crippen LogP) is 3.04. The summed E-state index contributed by atoms with van der Waals surface area (Å²) >= 11 is 0. The van der Waals surface area contributed by atoms with Crippen molar-refractivity contribution in [2.75, 3.05) is 0 Å². The number of carbonyl (C=O) groups is 1. The second-order valence-electron chi connectivity index (χ2n) is 4.43. The Labute approximate surface area is 117 Å². The average molecular weight is 270 g/mol. The van der Waals surface area contributed by atoms with Crippen molar-refractivity contribution in [2.24, 2.45) is 0 Å². The minimum absolute atomic E-state index is 0.349. The highest BCUT2D eigenvalue weighted by Gasteiger charge is 2.05. The van der Waals surface area contributed by atoms with Gasteiger partial charge in [-0.05, 0) is 36.8 Å². The van der Waals surface area contributed by atoms with E-state index in [1.807, 2.05) is 31.2 Å². The highest BCUT2D eigenvalue weighted by atomic mass is 19.1. The number of halogens is 1. The van der Waals surface area contributed by atoms with Crippen LogP contribution in [0.1, 0.15) is 21.5 Å². The molecule has 2 rings (SSSR count). The Morgan fingerprint density at radius 1 is 0.950 bits per heavy atom. The zero-order valence-electron chi connectivity index (χ0n) is 11.1. The van der Waals surface area contributed by atoms with Crippen LogP contribution in [0, 0.1) is 12.7 Å². The molecule has 0 bridgehead atoms. The number of carbonyl (C=O) groups excluding carboxylic acids is 1. The van der Waals surface area contributed by atoms with Crippen LogP contribution in [0.15, 0.2) is 55.1 Å². The largest absolute Gasteiger partial charge is 0.298 e. The topological polar surface area (TPSA) is 41.1 Å². The molecule has 0 aromatic heterocycles. The Morgan fingerprint density at radius 3 is 2.10 bits per heavy atom. The maximum Gasteiger partial charge on any atom is 0.269 e. The SMILES string of the molecule is C=C(NNC(=O)c1ccc(F)cc1)c1ccc(C)cc1. The van der Waals surface area contributed by atoms with Crippen molar-refractivity contribution in [1.82, 2.24) is 10.9 Å². The van der Waals surface area contributed by atoms with Crippen molar-refractivity contribution in [2.45, 2.75) is 6.92 Å². The number of amides is 1. The van der Waals surface area contributed by atoms with Crippen molar-refractivity contribution < 1.29 is 9.18 Å². The van der Waals surface area contributed by atoms with E-state index >= 15 is 0 Å². The van der Waals surface area contributed by atoms with Crippen LogP contribution in [0.25, 0.3) is 5.70 Å². The number of hydrogen-bond acceptors (Lipinski definition) is 2. The van der Waals surface area contributed by atoms with Gasteiger partial charge in [0, 0.05) is 5.56 Å². The van der Waals surface area contributed by atoms with Gasteiger partial charge in [-0.25, -0.2) is 4.39 Å². The minimum atomic E-state index is -0.376. The molecule has 1 amide bonds. The van der Waals surface area contributed by atoms with Gasteiger partial charge in [-0.1, -0.05) is 36.4 Å². The summed E-state index contributed by atoms with van der Waals surface area (Å²) < 4.78 is 12.8. The summed E-state index contributed by atoms with van der Waals surface area (Å²) in [5.41, 5.74) is 8.25. The summed E-state index contributed by atoms with van der Waals surface area (Å²) in [6.45, 7) is 5.84. The Bertz CT molecular complexity index is 560. The van der Waals surface area contributed by atoms with Crippen molar-refractivity contribution in [3.63, 3.8) is 0 Å². The Hall–Kier alpha value is -2.62. The molecule has 20 heavy (non-hydrogen) atoms. The van der Waals surface area contributed by atoms with Crippen molar-refractivity contribution >= 4 is 11.6 Å². The van der Waals surface area contributed by atoms with Gasteiger partial charge in [0.25, 0.3) is 5.91 Å². The van der Waals surface area contributed by atoms with E-state index in [0.717, 1.165) is 11.1 Å². The van der Waals surface area contributed by atoms with Gasteiger partial charge in [0.1, 0.15) is 5.82 Å². The average Bonchev–Trinajstić information content (AvgIpc) is 2.46. The molecule has 0 spiro atoms. The Balaban J connectivity index is 1.94. The smallest absolute Gasteiger partial charge is 0.269 e. The van der Waals surface area contributed by atoms with E-state index in [1.54, 1.807) is 0 Å². The molecule has 0 aliphatic rings. The fourth-order valence-corrected chi connectivity index (χ4v) is 1.63. The lowest BCUT2D eigenvalue weighted by Crippen LogP contribution is -2.35. The number of nitrogens with one attached hydrogen (secondary N) is 2. The molecule has 0 radical (unpaired) electrons. The quantitative estimate of drug-likeness (QED) is 0.838. The van der Waals surface area contributed by atoms with E-state index in [2.05, 4.69) is 17.4 Å². The van der Waals surface area contributed by atoms with Crippen LogP contribution in [-0.4, -0.2) is 5.91 Å². The van der Waals surface area contributed by atoms with E-state index < -0.39 is 0 Å². The molecule has 0 heterocycles. The maximum absolute atomic E-state index is 12.8. The first-order chi connectivity index (χ1) is 9.56. The first kappa shape index (κ1) is 13.8. The molecule has 2 N–H and O–H groups in total. The standard InChI is InChI=1S/C16H15FN2O/c1-11-3-5-13(6-4-11)12(2)18-19-16(20)14-7-9-15(17)10-8-14/h3-10,18H,2H2,1H3,(H,19,20). The third-order valence-electron chi connectivity index (χ3n) is 2.83. The minimum Gasteiger partial charge on any atom is -0.298 e. The Kier molecular flexibility index (Phi) is 4.15. The second-order valence-corrected chi connectivity index (χ2v) is 4.43. The summed E-state index contributed by atoms with van der Waals surface area (Å²) in [5.74, 6) is -0.725. The highest BCUT2D eigenvalue weighted by molar-refractivity contribution is 5.94. The number of hydrogen-bond donors (Lipinski definition) is 2. The zero-order chi connectivity index (χ0) is 14.5. The fourth-order valence-electron chi connectivity index (χ4n) is 1.63. The van der Waals surface area contributed by atoms with E-state index in [0.29, 0.717) is 11.3 Å². The molecule has 0 saturated heterocycles. The van der Waals surface area contributed by atoms with Crippen LogP contribution in [0.2, 0.25) is 0 Å². The first-order valence-corrected chi connectivity index (χ1v) is 6.14. The van der Waals surface area contributed by atoms with Crippen LogP contribution < -0.4 is 10.9 Å². The zero-order valence-corrected chi connectivity index (χ0v) is 11.1. The van der Waals surface area contributed by atoms with Crippen LogP contribution in [-0.2, 0) is 0 Å². The number of aryl methyl sites for hydroxylation is 1. The molecular formula is C16H15FN2O. The lowest BCUT2D eigenvalue weighted by Gasteiger charge is -2.11. The van der Waals surface area contributed by atoms with E-state index in [-0.39, 0.29) is 11.7 Å². The van der Waals surface area contributed by atoms with E-state index in [9.17, 15) is 9.18 Å². The van der Waals surface area contributed by atoms with Crippen molar-refractivity contribution in [3.8, 4) is 0 Å². The molecule has 2 aromatic rings. The molecule has 0 saturated carbocycles. The van der Waals surface area contributed by atoms with E-state index in [4.69, 9.17) is 0 Å². The highest BCUT2D eigenvalue weighted by Crippen LogP contribution is 2.10.